The summed E-state index contributed by atoms with van der Waals surface area (Å²) in [6.45, 7) is 6.21. The van der Waals surface area contributed by atoms with Crippen LogP contribution in [-0.2, 0) is 23.0 Å². The molecule has 0 radical (unpaired) electrons. The number of β-amino-alcohol motifs (C(OH)–C–C–N with tert-alkyl or cyclic N) is 1. The van der Waals surface area contributed by atoms with Crippen molar-refractivity contribution in [3.63, 3.8) is 0 Å². The van der Waals surface area contributed by atoms with E-state index in [9.17, 15) is 17.9 Å². The SMILES string of the molecule is Cc1ccc(S(=O)(=O)N[C@@H](Cc2ccccc2)[C@H](O)CN2CCN(Cc3ccc(F)cc3)CC2)cc1. The van der Waals surface area contributed by atoms with Crippen LogP contribution in [-0.4, -0.2) is 68.2 Å². The number of aliphatic hydroxyl groups excluding tert-OH is 1. The van der Waals surface area contributed by atoms with Crippen LogP contribution in [0, 0.1) is 12.7 Å². The molecule has 1 aliphatic heterocycles. The van der Waals surface area contributed by atoms with Crippen LogP contribution in [0.1, 0.15) is 16.7 Å². The number of nitrogens with zero attached hydrogens (tertiary/aromatic N) is 2. The summed E-state index contributed by atoms with van der Waals surface area (Å²) < 4.78 is 42.2. The molecule has 0 bridgehead atoms. The number of sulfonamides is 1. The van der Waals surface area contributed by atoms with Crippen molar-refractivity contribution < 1.29 is 17.9 Å². The van der Waals surface area contributed by atoms with Gasteiger partial charge in [-0.3, -0.25) is 9.80 Å². The highest BCUT2D eigenvalue weighted by molar-refractivity contribution is 7.89. The summed E-state index contributed by atoms with van der Waals surface area (Å²) in [5.74, 6) is -0.236. The molecule has 1 heterocycles. The lowest BCUT2D eigenvalue weighted by atomic mass is 10.0. The highest BCUT2D eigenvalue weighted by Crippen LogP contribution is 2.16. The number of aliphatic hydroxyl groups is 1. The second-order valence-corrected chi connectivity index (χ2v) is 11.2. The third kappa shape index (κ3) is 7.44. The van der Waals surface area contributed by atoms with Gasteiger partial charge < -0.3 is 5.11 Å². The summed E-state index contributed by atoms with van der Waals surface area (Å²) in [6, 6.07) is 22.2. The van der Waals surface area contributed by atoms with Gasteiger partial charge in [-0.2, -0.15) is 0 Å². The second-order valence-electron chi connectivity index (χ2n) is 9.50. The van der Waals surface area contributed by atoms with Gasteiger partial charge in [-0.15, -0.1) is 0 Å². The maximum atomic E-state index is 13.2. The van der Waals surface area contributed by atoms with E-state index in [4.69, 9.17) is 0 Å². The number of rotatable bonds is 10. The summed E-state index contributed by atoms with van der Waals surface area (Å²) in [5, 5.41) is 11.2. The fourth-order valence-electron chi connectivity index (χ4n) is 4.48. The van der Waals surface area contributed by atoms with Gasteiger partial charge >= 0.3 is 0 Å². The molecule has 8 heteroatoms. The van der Waals surface area contributed by atoms with Crippen molar-refractivity contribution in [3.05, 3.63) is 101 Å². The minimum atomic E-state index is -3.79. The van der Waals surface area contributed by atoms with E-state index in [1.165, 1.54) is 12.1 Å². The Kier molecular flexibility index (Phi) is 8.87. The van der Waals surface area contributed by atoms with Gasteiger partial charge in [0.1, 0.15) is 5.82 Å². The van der Waals surface area contributed by atoms with E-state index >= 15 is 0 Å². The molecule has 0 saturated carbocycles. The predicted molar refractivity (Wildman–Crippen MR) is 140 cm³/mol. The van der Waals surface area contributed by atoms with E-state index in [2.05, 4.69) is 14.5 Å². The third-order valence-corrected chi connectivity index (χ3v) is 8.14. The second kappa shape index (κ2) is 12.1. The molecular weight excluding hydrogens is 477 g/mol. The maximum absolute atomic E-state index is 13.2. The fourth-order valence-corrected chi connectivity index (χ4v) is 5.75. The zero-order chi connectivity index (χ0) is 25.5. The van der Waals surface area contributed by atoms with Crippen LogP contribution in [0.25, 0.3) is 0 Å². The molecule has 0 spiro atoms. The number of benzene rings is 3. The van der Waals surface area contributed by atoms with Gasteiger partial charge in [-0.25, -0.2) is 17.5 Å². The molecular formula is C28H34FN3O3S. The Morgan fingerprint density at radius 2 is 1.47 bits per heavy atom. The van der Waals surface area contributed by atoms with E-state index in [1.54, 1.807) is 36.4 Å². The van der Waals surface area contributed by atoms with Crippen molar-refractivity contribution in [3.8, 4) is 0 Å². The van der Waals surface area contributed by atoms with Gasteiger partial charge in [0.15, 0.2) is 0 Å². The molecule has 0 aromatic heterocycles. The Labute approximate surface area is 213 Å². The molecule has 1 fully saturated rings. The minimum absolute atomic E-state index is 0.188. The number of piperazine rings is 1. The first-order valence-corrected chi connectivity index (χ1v) is 13.8. The van der Waals surface area contributed by atoms with E-state index in [0.717, 1.165) is 49.4 Å². The van der Waals surface area contributed by atoms with E-state index in [-0.39, 0.29) is 10.7 Å². The molecule has 4 rings (SSSR count). The Balaban J connectivity index is 1.38. The van der Waals surface area contributed by atoms with Crippen LogP contribution >= 0.6 is 0 Å². The van der Waals surface area contributed by atoms with Crippen molar-refractivity contribution in [2.45, 2.75) is 36.9 Å². The molecule has 6 nitrogen and oxygen atoms in total. The first-order chi connectivity index (χ1) is 17.3. The monoisotopic (exact) mass is 511 g/mol. The fraction of sp³-hybridized carbons (Fsp3) is 0.357. The van der Waals surface area contributed by atoms with Gasteiger partial charge in [0.25, 0.3) is 0 Å². The number of nitrogens with one attached hydrogen (secondary N) is 1. The van der Waals surface area contributed by atoms with Crippen molar-refractivity contribution in [2.24, 2.45) is 0 Å². The van der Waals surface area contributed by atoms with Crippen LogP contribution in [0.2, 0.25) is 0 Å². The molecule has 1 saturated heterocycles. The number of hydrogen-bond acceptors (Lipinski definition) is 5. The Hall–Kier alpha value is -2.62. The van der Waals surface area contributed by atoms with E-state index in [0.29, 0.717) is 13.0 Å². The van der Waals surface area contributed by atoms with Gasteiger partial charge in [0.05, 0.1) is 17.0 Å². The first-order valence-electron chi connectivity index (χ1n) is 12.3. The number of aryl methyl sites for hydroxylation is 1. The molecule has 2 atom stereocenters. The molecule has 192 valence electrons. The van der Waals surface area contributed by atoms with Crippen LogP contribution in [0.5, 0.6) is 0 Å². The average Bonchev–Trinajstić information content (AvgIpc) is 2.87. The van der Waals surface area contributed by atoms with Crippen LogP contribution in [0.15, 0.2) is 83.8 Å². The van der Waals surface area contributed by atoms with Gasteiger partial charge in [-0.05, 0) is 48.7 Å². The molecule has 0 unspecified atom stereocenters. The third-order valence-electron chi connectivity index (χ3n) is 6.63. The Bertz CT molecular complexity index is 1200. The van der Waals surface area contributed by atoms with Gasteiger partial charge in [-0.1, -0.05) is 60.2 Å². The highest BCUT2D eigenvalue weighted by atomic mass is 32.2. The molecule has 0 amide bonds. The first kappa shape index (κ1) is 26.4. The summed E-state index contributed by atoms with van der Waals surface area (Å²) in [4.78, 5) is 4.66. The minimum Gasteiger partial charge on any atom is -0.390 e. The molecule has 0 aliphatic carbocycles. The lowest BCUT2D eigenvalue weighted by molar-refractivity contribution is 0.0549. The van der Waals surface area contributed by atoms with Crippen LogP contribution in [0.3, 0.4) is 0 Å². The standard InChI is InChI=1S/C28H34FN3O3S/c1-22-7-13-26(14-8-22)36(34,35)30-27(19-23-5-3-2-4-6-23)28(33)21-32-17-15-31(16-18-32)20-24-9-11-25(29)12-10-24/h2-14,27-28,30,33H,15-21H2,1H3/t27-,28+/m0/s1. The zero-order valence-electron chi connectivity index (χ0n) is 20.6. The lowest BCUT2D eigenvalue weighted by Gasteiger charge is -2.37. The van der Waals surface area contributed by atoms with Crippen LogP contribution in [0.4, 0.5) is 4.39 Å². The van der Waals surface area contributed by atoms with Crippen molar-refractivity contribution >= 4 is 10.0 Å². The van der Waals surface area contributed by atoms with Gasteiger partial charge in [0, 0.05) is 39.3 Å². The zero-order valence-corrected chi connectivity index (χ0v) is 21.4. The highest BCUT2D eigenvalue weighted by Gasteiger charge is 2.29. The van der Waals surface area contributed by atoms with Crippen LogP contribution < -0.4 is 4.72 Å². The summed E-state index contributed by atoms with van der Waals surface area (Å²) in [5.41, 5.74) is 3.00. The number of hydrogen-bond donors (Lipinski definition) is 2. The van der Waals surface area contributed by atoms with E-state index in [1.807, 2.05) is 37.3 Å². The average molecular weight is 512 g/mol. The summed E-state index contributed by atoms with van der Waals surface area (Å²) in [6.07, 6.45) is -0.494. The predicted octanol–water partition coefficient (Wildman–Crippen LogP) is 3.20. The Morgan fingerprint density at radius 3 is 2.11 bits per heavy atom. The molecule has 1 aliphatic rings. The van der Waals surface area contributed by atoms with Gasteiger partial charge in [0.2, 0.25) is 10.0 Å². The molecule has 2 N–H and O–H groups in total. The van der Waals surface area contributed by atoms with Crippen molar-refractivity contribution in [1.82, 2.24) is 14.5 Å². The smallest absolute Gasteiger partial charge is 0.240 e. The molecule has 3 aromatic rings. The van der Waals surface area contributed by atoms with E-state index < -0.39 is 22.2 Å². The summed E-state index contributed by atoms with van der Waals surface area (Å²) >= 11 is 0. The summed E-state index contributed by atoms with van der Waals surface area (Å²) in [7, 11) is -3.79. The lowest BCUT2D eigenvalue weighted by Crippen LogP contribution is -2.53. The molecule has 3 aromatic carbocycles. The quantitative estimate of drug-likeness (QED) is 0.438. The Morgan fingerprint density at radius 1 is 0.861 bits per heavy atom. The maximum Gasteiger partial charge on any atom is 0.240 e. The van der Waals surface area contributed by atoms with Crippen molar-refractivity contribution in [1.29, 1.82) is 0 Å². The number of halogens is 1. The normalized spacial score (nSPS) is 17.1. The van der Waals surface area contributed by atoms with Crippen molar-refractivity contribution in [2.75, 3.05) is 32.7 Å². The molecule has 36 heavy (non-hydrogen) atoms. The topological polar surface area (TPSA) is 72.9 Å². The largest absolute Gasteiger partial charge is 0.390 e.